The lowest BCUT2D eigenvalue weighted by Gasteiger charge is -2.18. The van der Waals surface area contributed by atoms with Crippen molar-refractivity contribution >= 4 is 5.91 Å². The van der Waals surface area contributed by atoms with Crippen molar-refractivity contribution in [2.24, 2.45) is 5.73 Å². The lowest BCUT2D eigenvalue weighted by molar-refractivity contribution is -0.118. The highest BCUT2D eigenvalue weighted by Gasteiger charge is 2.00. The molecule has 0 aliphatic carbocycles. The summed E-state index contributed by atoms with van der Waals surface area (Å²) in [5, 5.41) is 0. The lowest BCUT2D eigenvalue weighted by atomic mass is 10.0. The molecular formula is C28H54N2O. The lowest BCUT2D eigenvalue weighted by Crippen LogP contribution is -2.24. The first kappa shape index (κ1) is 29.9. The van der Waals surface area contributed by atoms with E-state index in [0.29, 0.717) is 6.42 Å². The number of amides is 1. The van der Waals surface area contributed by atoms with Crippen LogP contribution in [0.2, 0.25) is 0 Å². The van der Waals surface area contributed by atoms with E-state index in [1.54, 1.807) is 0 Å². The van der Waals surface area contributed by atoms with Gasteiger partial charge in [0.15, 0.2) is 0 Å². The Hall–Kier alpha value is -1.09. The van der Waals surface area contributed by atoms with Crippen LogP contribution in [0.3, 0.4) is 0 Å². The largest absolute Gasteiger partial charge is 0.370 e. The molecule has 0 saturated heterocycles. The fourth-order valence-corrected chi connectivity index (χ4v) is 4.26. The molecule has 182 valence electrons. The first-order valence-corrected chi connectivity index (χ1v) is 13.4. The van der Waals surface area contributed by atoms with Crippen molar-refractivity contribution in [1.29, 1.82) is 0 Å². The normalized spacial score (nSPS) is 11.1. The van der Waals surface area contributed by atoms with E-state index in [0.717, 1.165) is 25.9 Å². The predicted molar refractivity (Wildman–Crippen MR) is 138 cm³/mol. The smallest absolute Gasteiger partial charge is 0.217 e. The van der Waals surface area contributed by atoms with Gasteiger partial charge in [0, 0.05) is 19.5 Å². The summed E-state index contributed by atoms with van der Waals surface area (Å²) in [5.41, 5.74) is 5.15. The maximum Gasteiger partial charge on any atom is 0.217 e. The number of primary amides is 1. The van der Waals surface area contributed by atoms with Gasteiger partial charge >= 0.3 is 0 Å². The average Bonchev–Trinajstić information content (AvgIpc) is 2.74. The Balaban J connectivity index is 3.14. The SMILES string of the molecule is C=CCN(CC=C)CCCCCCCCCCCCCCCCCCCCCC(N)=O. The fourth-order valence-electron chi connectivity index (χ4n) is 4.26. The van der Waals surface area contributed by atoms with Gasteiger partial charge in [0.25, 0.3) is 0 Å². The average molecular weight is 435 g/mol. The number of nitrogens with zero attached hydrogens (tertiary/aromatic N) is 1. The van der Waals surface area contributed by atoms with Crippen molar-refractivity contribution in [3.8, 4) is 0 Å². The Labute approximate surface area is 194 Å². The van der Waals surface area contributed by atoms with Crippen LogP contribution < -0.4 is 5.73 Å². The van der Waals surface area contributed by atoms with Crippen molar-refractivity contribution in [2.45, 2.75) is 128 Å². The molecule has 0 heterocycles. The summed E-state index contributed by atoms with van der Waals surface area (Å²) in [6.07, 6.45) is 30.3. The van der Waals surface area contributed by atoms with Gasteiger partial charge < -0.3 is 5.73 Å². The second kappa shape index (κ2) is 25.2. The Morgan fingerprint density at radius 3 is 1.13 bits per heavy atom. The number of nitrogens with two attached hydrogens (primary N) is 1. The molecule has 0 aromatic heterocycles. The van der Waals surface area contributed by atoms with E-state index in [9.17, 15) is 4.79 Å². The summed E-state index contributed by atoms with van der Waals surface area (Å²) in [7, 11) is 0. The van der Waals surface area contributed by atoms with E-state index in [4.69, 9.17) is 5.73 Å². The molecule has 0 radical (unpaired) electrons. The highest BCUT2D eigenvalue weighted by molar-refractivity contribution is 5.73. The van der Waals surface area contributed by atoms with Gasteiger partial charge in [0.1, 0.15) is 0 Å². The van der Waals surface area contributed by atoms with Gasteiger partial charge in [-0.1, -0.05) is 121 Å². The molecule has 2 N–H and O–H groups in total. The highest BCUT2D eigenvalue weighted by atomic mass is 16.1. The summed E-state index contributed by atoms with van der Waals surface area (Å²) >= 11 is 0. The zero-order chi connectivity index (χ0) is 22.8. The molecule has 0 fully saturated rings. The van der Waals surface area contributed by atoms with Crippen LogP contribution in [0.25, 0.3) is 0 Å². The van der Waals surface area contributed by atoms with Crippen molar-refractivity contribution in [3.63, 3.8) is 0 Å². The molecule has 3 heteroatoms. The van der Waals surface area contributed by atoms with Crippen molar-refractivity contribution in [1.82, 2.24) is 4.90 Å². The van der Waals surface area contributed by atoms with Crippen LogP contribution in [0.1, 0.15) is 128 Å². The number of unbranched alkanes of at least 4 members (excludes halogenated alkanes) is 18. The van der Waals surface area contributed by atoms with Crippen LogP contribution >= 0.6 is 0 Å². The van der Waals surface area contributed by atoms with E-state index in [1.807, 2.05) is 12.2 Å². The van der Waals surface area contributed by atoms with Gasteiger partial charge in [-0.2, -0.15) is 0 Å². The Morgan fingerprint density at radius 2 is 0.839 bits per heavy atom. The third-order valence-corrected chi connectivity index (χ3v) is 6.17. The molecule has 0 unspecified atom stereocenters. The van der Waals surface area contributed by atoms with Gasteiger partial charge in [0.2, 0.25) is 5.91 Å². The molecule has 0 bridgehead atoms. The minimum Gasteiger partial charge on any atom is -0.370 e. The maximum atomic E-state index is 10.7. The van der Waals surface area contributed by atoms with Gasteiger partial charge in [-0.3, -0.25) is 9.69 Å². The zero-order valence-electron chi connectivity index (χ0n) is 20.8. The molecule has 0 rings (SSSR count). The van der Waals surface area contributed by atoms with Crippen molar-refractivity contribution < 1.29 is 4.79 Å². The summed E-state index contributed by atoms with van der Waals surface area (Å²) < 4.78 is 0. The Morgan fingerprint density at radius 1 is 0.548 bits per heavy atom. The van der Waals surface area contributed by atoms with E-state index < -0.39 is 0 Å². The topological polar surface area (TPSA) is 46.3 Å². The van der Waals surface area contributed by atoms with Crippen LogP contribution in [0.4, 0.5) is 0 Å². The highest BCUT2D eigenvalue weighted by Crippen LogP contribution is 2.15. The fraction of sp³-hybridized carbons (Fsp3) is 0.821. The Bertz CT molecular complexity index is 398. The summed E-state index contributed by atoms with van der Waals surface area (Å²) in [4.78, 5) is 13.1. The molecule has 0 aliphatic heterocycles. The third-order valence-electron chi connectivity index (χ3n) is 6.17. The van der Waals surface area contributed by atoms with Gasteiger partial charge in [-0.25, -0.2) is 0 Å². The quantitative estimate of drug-likeness (QED) is 0.111. The van der Waals surface area contributed by atoms with E-state index in [-0.39, 0.29) is 5.91 Å². The Kier molecular flexibility index (Phi) is 24.3. The minimum atomic E-state index is -0.155. The molecule has 0 aromatic rings. The van der Waals surface area contributed by atoms with E-state index >= 15 is 0 Å². The van der Waals surface area contributed by atoms with Crippen molar-refractivity contribution in [3.05, 3.63) is 25.3 Å². The van der Waals surface area contributed by atoms with Crippen molar-refractivity contribution in [2.75, 3.05) is 19.6 Å². The zero-order valence-corrected chi connectivity index (χ0v) is 20.8. The molecule has 1 amide bonds. The number of hydrogen-bond acceptors (Lipinski definition) is 2. The molecule has 0 atom stereocenters. The molecule has 0 saturated carbocycles. The monoisotopic (exact) mass is 434 g/mol. The molecule has 31 heavy (non-hydrogen) atoms. The molecule has 0 aliphatic rings. The van der Waals surface area contributed by atoms with E-state index in [1.165, 1.54) is 116 Å². The first-order chi connectivity index (χ1) is 15.2. The van der Waals surface area contributed by atoms with Crippen LogP contribution in [-0.2, 0) is 4.79 Å². The summed E-state index contributed by atoms with van der Waals surface area (Å²) in [6.45, 7) is 10.8. The number of carbonyl (C=O) groups is 1. The first-order valence-electron chi connectivity index (χ1n) is 13.4. The van der Waals surface area contributed by atoms with Crippen LogP contribution in [0.5, 0.6) is 0 Å². The number of rotatable bonds is 26. The van der Waals surface area contributed by atoms with Crippen LogP contribution in [0.15, 0.2) is 25.3 Å². The number of carbonyl (C=O) groups excluding carboxylic acids is 1. The molecule has 0 spiro atoms. The standard InChI is InChI=1S/C28H54N2O/c1-3-25-30(26-4-2)27-23-21-19-17-15-13-11-9-7-5-6-8-10-12-14-16-18-20-22-24-28(29)31/h3-4H,1-2,5-27H2,(H2,29,31). The second-order valence-electron chi connectivity index (χ2n) is 9.27. The molecule has 3 nitrogen and oxygen atoms in total. The second-order valence-corrected chi connectivity index (χ2v) is 9.27. The van der Waals surface area contributed by atoms with Gasteiger partial charge in [-0.15, -0.1) is 13.2 Å². The third kappa shape index (κ3) is 25.0. The van der Waals surface area contributed by atoms with Crippen LogP contribution in [-0.4, -0.2) is 30.4 Å². The van der Waals surface area contributed by atoms with Gasteiger partial charge in [-0.05, 0) is 19.4 Å². The van der Waals surface area contributed by atoms with E-state index in [2.05, 4.69) is 18.1 Å². The molecular weight excluding hydrogens is 380 g/mol. The minimum absolute atomic E-state index is 0.155. The molecule has 0 aromatic carbocycles. The van der Waals surface area contributed by atoms with Gasteiger partial charge in [0.05, 0.1) is 0 Å². The maximum absolute atomic E-state index is 10.7. The predicted octanol–water partition coefficient (Wildman–Crippen LogP) is 7.95. The number of hydrogen-bond donors (Lipinski definition) is 1. The summed E-state index contributed by atoms with van der Waals surface area (Å²) in [5.74, 6) is -0.155. The summed E-state index contributed by atoms with van der Waals surface area (Å²) in [6, 6.07) is 0. The van der Waals surface area contributed by atoms with Crippen LogP contribution in [0, 0.1) is 0 Å².